The standard InChI is InChI=1S/C25H29N5O4S/c1-28-14-15-30(34-22-17-26-24(35-3)27-23(22)28)19-10-7-11-20(16-19)33-21(12-13-29(2)25(31)32)18-8-5-4-6-9-18/h4-11,16-17,21H,12-15H2,1-3H3,(H,31,32). The smallest absolute Gasteiger partial charge is 0.407 e. The molecule has 0 spiro atoms. The van der Waals surface area contributed by atoms with E-state index >= 15 is 0 Å². The molecule has 0 radical (unpaired) electrons. The monoisotopic (exact) mass is 495 g/mol. The van der Waals surface area contributed by atoms with E-state index in [4.69, 9.17) is 9.57 Å². The van der Waals surface area contributed by atoms with Crippen LogP contribution >= 0.6 is 11.8 Å². The number of ether oxygens (including phenoxy) is 1. The van der Waals surface area contributed by atoms with Crippen molar-refractivity contribution in [2.45, 2.75) is 17.7 Å². The van der Waals surface area contributed by atoms with E-state index in [1.54, 1.807) is 13.2 Å². The van der Waals surface area contributed by atoms with E-state index < -0.39 is 6.09 Å². The van der Waals surface area contributed by atoms with E-state index in [2.05, 4.69) is 14.9 Å². The van der Waals surface area contributed by atoms with Crippen LogP contribution in [-0.4, -0.2) is 66.1 Å². The largest absolute Gasteiger partial charge is 0.486 e. The average molecular weight is 496 g/mol. The minimum absolute atomic E-state index is 0.302. The molecule has 1 aliphatic rings. The Balaban J connectivity index is 1.54. The molecule has 35 heavy (non-hydrogen) atoms. The highest BCUT2D eigenvalue weighted by atomic mass is 32.2. The van der Waals surface area contributed by atoms with Crippen molar-refractivity contribution in [3.63, 3.8) is 0 Å². The molecule has 0 bridgehead atoms. The molecule has 1 aromatic heterocycles. The lowest BCUT2D eigenvalue weighted by atomic mass is 10.1. The molecule has 10 heteroatoms. The molecular formula is C25H29N5O4S. The average Bonchev–Trinajstić information content (AvgIpc) is 3.05. The normalized spacial score (nSPS) is 13.9. The molecule has 4 rings (SSSR count). The van der Waals surface area contributed by atoms with Gasteiger partial charge in [-0.2, -0.15) is 0 Å². The third-order valence-corrected chi connectivity index (χ3v) is 6.28. The first kappa shape index (κ1) is 24.5. The van der Waals surface area contributed by atoms with E-state index in [9.17, 15) is 9.90 Å². The third kappa shape index (κ3) is 6.07. The van der Waals surface area contributed by atoms with Gasteiger partial charge in [0.25, 0.3) is 0 Å². The predicted octanol–water partition coefficient (Wildman–Crippen LogP) is 4.57. The molecule has 0 saturated heterocycles. The Morgan fingerprint density at radius 2 is 2.03 bits per heavy atom. The zero-order valence-corrected chi connectivity index (χ0v) is 20.8. The maximum atomic E-state index is 11.3. The van der Waals surface area contributed by atoms with Crippen LogP contribution in [0.25, 0.3) is 0 Å². The lowest BCUT2D eigenvalue weighted by Gasteiger charge is -2.25. The molecule has 0 saturated carbocycles. The number of carboxylic acid groups (broad SMARTS) is 1. The molecule has 2 heterocycles. The van der Waals surface area contributed by atoms with Crippen LogP contribution in [0, 0.1) is 0 Å². The molecule has 1 aliphatic heterocycles. The molecule has 2 aromatic carbocycles. The number of amides is 1. The van der Waals surface area contributed by atoms with Gasteiger partial charge in [0.2, 0.25) is 5.75 Å². The van der Waals surface area contributed by atoms with Crippen LogP contribution in [0.4, 0.5) is 16.3 Å². The van der Waals surface area contributed by atoms with Gasteiger partial charge in [-0.3, -0.25) is 0 Å². The highest BCUT2D eigenvalue weighted by molar-refractivity contribution is 7.98. The second-order valence-corrected chi connectivity index (χ2v) is 8.94. The Bertz CT molecular complexity index is 1150. The van der Waals surface area contributed by atoms with Crippen molar-refractivity contribution in [1.82, 2.24) is 14.9 Å². The molecule has 1 atom stereocenters. The zero-order valence-electron chi connectivity index (χ0n) is 20.0. The third-order valence-electron chi connectivity index (χ3n) is 5.71. The summed E-state index contributed by atoms with van der Waals surface area (Å²) in [6, 6.07) is 17.5. The number of hydroxylamine groups is 1. The van der Waals surface area contributed by atoms with E-state index in [-0.39, 0.29) is 6.10 Å². The Morgan fingerprint density at radius 3 is 2.77 bits per heavy atom. The van der Waals surface area contributed by atoms with Crippen LogP contribution in [-0.2, 0) is 0 Å². The van der Waals surface area contributed by atoms with Crippen molar-refractivity contribution in [2.75, 3.05) is 49.9 Å². The summed E-state index contributed by atoms with van der Waals surface area (Å²) in [5.74, 6) is 2.02. The number of nitrogens with zero attached hydrogens (tertiary/aromatic N) is 5. The number of benzene rings is 2. The molecule has 0 fully saturated rings. The van der Waals surface area contributed by atoms with Gasteiger partial charge in [0.15, 0.2) is 11.0 Å². The summed E-state index contributed by atoms with van der Waals surface area (Å²) in [4.78, 5) is 29.7. The molecule has 1 unspecified atom stereocenters. The summed E-state index contributed by atoms with van der Waals surface area (Å²) in [5, 5.41) is 11.7. The number of rotatable bonds is 8. The summed E-state index contributed by atoms with van der Waals surface area (Å²) in [6.45, 7) is 1.69. The van der Waals surface area contributed by atoms with Crippen molar-refractivity contribution in [3.05, 3.63) is 66.4 Å². The van der Waals surface area contributed by atoms with E-state index in [1.165, 1.54) is 16.7 Å². The zero-order chi connectivity index (χ0) is 24.8. The maximum absolute atomic E-state index is 11.3. The predicted molar refractivity (Wildman–Crippen MR) is 137 cm³/mol. The number of hydrogen-bond donors (Lipinski definition) is 1. The van der Waals surface area contributed by atoms with Gasteiger partial charge in [0.05, 0.1) is 18.4 Å². The SMILES string of the molecule is CSc1ncc2c(n1)N(C)CCN(c1cccc(OC(CCN(C)C(=O)O)c3ccccc3)c1)O2. The van der Waals surface area contributed by atoms with Crippen LogP contribution in [0.15, 0.2) is 66.0 Å². The molecule has 184 valence electrons. The van der Waals surface area contributed by atoms with Crippen LogP contribution in [0.2, 0.25) is 0 Å². The van der Waals surface area contributed by atoms with Gasteiger partial charge in [-0.05, 0) is 24.0 Å². The fourth-order valence-electron chi connectivity index (χ4n) is 3.72. The molecule has 0 aliphatic carbocycles. The number of fused-ring (bicyclic) bond motifs is 1. The van der Waals surface area contributed by atoms with Gasteiger partial charge in [0.1, 0.15) is 11.9 Å². The first-order valence-corrected chi connectivity index (χ1v) is 12.5. The van der Waals surface area contributed by atoms with Crippen molar-refractivity contribution in [3.8, 4) is 11.5 Å². The minimum Gasteiger partial charge on any atom is -0.486 e. The first-order chi connectivity index (χ1) is 16.9. The second kappa shape index (κ2) is 11.2. The Morgan fingerprint density at radius 1 is 1.23 bits per heavy atom. The fourth-order valence-corrected chi connectivity index (χ4v) is 4.06. The quantitative estimate of drug-likeness (QED) is 0.356. The van der Waals surface area contributed by atoms with Gasteiger partial charge in [0, 0.05) is 39.7 Å². The van der Waals surface area contributed by atoms with Gasteiger partial charge in [-0.1, -0.05) is 48.2 Å². The Labute approximate surface area is 209 Å². The Hall–Kier alpha value is -3.66. The second-order valence-electron chi connectivity index (χ2n) is 8.17. The number of hydrogen-bond acceptors (Lipinski definition) is 8. The van der Waals surface area contributed by atoms with Crippen molar-refractivity contribution >= 4 is 29.4 Å². The topological polar surface area (TPSA) is 91.3 Å². The van der Waals surface area contributed by atoms with Crippen LogP contribution in [0.3, 0.4) is 0 Å². The lowest BCUT2D eigenvalue weighted by molar-refractivity contribution is 0.140. The highest BCUT2D eigenvalue weighted by Crippen LogP contribution is 2.33. The summed E-state index contributed by atoms with van der Waals surface area (Å²) >= 11 is 1.49. The van der Waals surface area contributed by atoms with Crippen LogP contribution < -0.4 is 19.5 Å². The number of likely N-dealkylation sites (N-methyl/N-ethyl adjacent to an activating group) is 1. The first-order valence-electron chi connectivity index (χ1n) is 11.3. The molecular weight excluding hydrogens is 466 g/mol. The summed E-state index contributed by atoms with van der Waals surface area (Å²) < 4.78 is 6.37. The van der Waals surface area contributed by atoms with Crippen LogP contribution in [0.1, 0.15) is 18.1 Å². The number of thioether (sulfide) groups is 1. The Kier molecular flexibility index (Phi) is 7.81. The van der Waals surface area contributed by atoms with Crippen molar-refractivity contribution in [2.24, 2.45) is 0 Å². The highest BCUT2D eigenvalue weighted by Gasteiger charge is 2.23. The summed E-state index contributed by atoms with van der Waals surface area (Å²) in [6.07, 6.45) is 2.90. The molecule has 9 nitrogen and oxygen atoms in total. The number of carbonyl (C=O) groups is 1. The number of anilines is 2. The van der Waals surface area contributed by atoms with E-state index in [1.807, 2.05) is 73.0 Å². The van der Waals surface area contributed by atoms with Gasteiger partial charge >= 0.3 is 6.09 Å². The molecule has 3 aromatic rings. The lowest BCUT2D eigenvalue weighted by Crippen LogP contribution is -2.32. The van der Waals surface area contributed by atoms with Gasteiger partial charge in [-0.25, -0.2) is 19.8 Å². The minimum atomic E-state index is -0.962. The van der Waals surface area contributed by atoms with Gasteiger partial charge in [-0.15, -0.1) is 0 Å². The van der Waals surface area contributed by atoms with Gasteiger partial charge < -0.3 is 24.5 Å². The number of aromatic nitrogens is 2. The summed E-state index contributed by atoms with van der Waals surface area (Å²) in [5.41, 5.74) is 1.83. The fraction of sp³-hybridized carbons (Fsp3) is 0.320. The summed E-state index contributed by atoms with van der Waals surface area (Å²) in [7, 11) is 3.54. The van der Waals surface area contributed by atoms with Crippen molar-refractivity contribution in [1.29, 1.82) is 0 Å². The molecule has 1 N–H and O–H groups in total. The van der Waals surface area contributed by atoms with Crippen LogP contribution in [0.5, 0.6) is 11.5 Å². The van der Waals surface area contributed by atoms with E-state index in [0.29, 0.717) is 36.2 Å². The van der Waals surface area contributed by atoms with Crippen molar-refractivity contribution < 1.29 is 19.5 Å². The maximum Gasteiger partial charge on any atom is 0.407 e. The van der Waals surface area contributed by atoms with E-state index in [0.717, 1.165) is 23.6 Å². The molecule has 1 amide bonds.